The fraction of sp³-hybridized carbons (Fsp3) is 0.800. The minimum atomic E-state index is -0.239. The molecule has 0 aromatic rings. The zero-order valence-electron chi connectivity index (χ0n) is 11.6. The number of hydrogen-bond acceptors (Lipinski definition) is 1. The molecule has 1 atom stereocenters. The molecule has 2 nitrogen and oxygen atoms in total. The Balaban J connectivity index is 3.21. The largest absolute Gasteiger partial charge is 0.369 e. The average molecular weight is 239 g/mol. The van der Waals surface area contributed by atoms with Crippen molar-refractivity contribution in [2.24, 2.45) is 11.7 Å². The third kappa shape index (κ3) is 11.5. The van der Waals surface area contributed by atoms with Crippen molar-refractivity contribution in [1.29, 1.82) is 0 Å². The number of rotatable bonds is 11. The number of nitrogens with two attached hydrogens (primary N) is 1. The topological polar surface area (TPSA) is 43.1 Å². The van der Waals surface area contributed by atoms with E-state index in [0.717, 1.165) is 6.42 Å². The van der Waals surface area contributed by atoms with E-state index in [9.17, 15) is 4.79 Å². The van der Waals surface area contributed by atoms with Gasteiger partial charge in [0.25, 0.3) is 0 Å². The Bertz CT molecular complexity index is 211. The molecule has 0 heterocycles. The Kier molecular flexibility index (Phi) is 11.1. The molecule has 17 heavy (non-hydrogen) atoms. The summed E-state index contributed by atoms with van der Waals surface area (Å²) in [5.41, 5.74) is 5.17. The molecule has 0 saturated carbocycles. The van der Waals surface area contributed by atoms with E-state index in [2.05, 4.69) is 13.0 Å². The first-order valence-corrected chi connectivity index (χ1v) is 7.14. The lowest BCUT2D eigenvalue weighted by Gasteiger charge is -2.01. The second kappa shape index (κ2) is 11.7. The van der Waals surface area contributed by atoms with Gasteiger partial charge in [0.05, 0.1) is 5.92 Å². The zero-order chi connectivity index (χ0) is 12.9. The second-order valence-electron chi connectivity index (χ2n) is 4.88. The highest BCUT2D eigenvalue weighted by molar-refractivity contribution is 5.77. The maximum Gasteiger partial charge on any atom is 0.224 e. The summed E-state index contributed by atoms with van der Waals surface area (Å²) >= 11 is 0. The van der Waals surface area contributed by atoms with Crippen molar-refractivity contribution >= 4 is 5.91 Å². The van der Waals surface area contributed by atoms with Gasteiger partial charge < -0.3 is 5.73 Å². The summed E-state index contributed by atoms with van der Waals surface area (Å²) in [7, 11) is 0. The molecule has 100 valence electrons. The van der Waals surface area contributed by atoms with Crippen LogP contribution in [0.3, 0.4) is 0 Å². The van der Waals surface area contributed by atoms with Crippen molar-refractivity contribution in [3.8, 4) is 0 Å². The van der Waals surface area contributed by atoms with Crippen LogP contribution in [0, 0.1) is 5.92 Å². The SMILES string of the molecule is CCCCCCCCCC/C=C/C(C)C(N)=O. The van der Waals surface area contributed by atoms with E-state index < -0.39 is 0 Å². The molecule has 1 unspecified atom stereocenters. The molecular formula is C15H29NO. The first-order chi connectivity index (χ1) is 8.18. The zero-order valence-corrected chi connectivity index (χ0v) is 11.6. The number of allylic oxidation sites excluding steroid dienone is 1. The van der Waals surface area contributed by atoms with E-state index in [1.807, 2.05) is 13.0 Å². The molecule has 0 rings (SSSR count). The minimum absolute atomic E-state index is 0.121. The summed E-state index contributed by atoms with van der Waals surface area (Å²) in [6.45, 7) is 4.09. The third-order valence-corrected chi connectivity index (χ3v) is 3.10. The number of carbonyl (C=O) groups is 1. The maximum absolute atomic E-state index is 10.8. The molecule has 1 amide bonds. The number of primary amides is 1. The normalized spacial score (nSPS) is 13.1. The number of carbonyl (C=O) groups excluding carboxylic acids is 1. The van der Waals surface area contributed by atoms with Crippen molar-refractivity contribution in [1.82, 2.24) is 0 Å². The van der Waals surface area contributed by atoms with Gasteiger partial charge in [-0.2, -0.15) is 0 Å². The fourth-order valence-corrected chi connectivity index (χ4v) is 1.79. The molecule has 2 heteroatoms. The summed E-state index contributed by atoms with van der Waals surface area (Å²) in [4.78, 5) is 10.8. The fourth-order valence-electron chi connectivity index (χ4n) is 1.79. The molecule has 2 N–H and O–H groups in total. The molecule has 0 aliphatic heterocycles. The summed E-state index contributed by atoms with van der Waals surface area (Å²) in [6, 6.07) is 0. The highest BCUT2D eigenvalue weighted by Crippen LogP contribution is 2.10. The van der Waals surface area contributed by atoms with Crippen LogP contribution in [-0.2, 0) is 4.79 Å². The molecule has 0 aromatic carbocycles. The molecule has 0 aliphatic carbocycles. The van der Waals surface area contributed by atoms with Gasteiger partial charge in [-0.15, -0.1) is 0 Å². The molecule has 0 radical (unpaired) electrons. The second-order valence-corrected chi connectivity index (χ2v) is 4.88. The summed E-state index contributed by atoms with van der Waals surface area (Å²) in [6.07, 6.45) is 15.8. The lowest BCUT2D eigenvalue weighted by Crippen LogP contribution is -2.18. The van der Waals surface area contributed by atoms with Crippen LogP contribution in [0.15, 0.2) is 12.2 Å². The predicted molar refractivity (Wildman–Crippen MR) is 74.7 cm³/mol. The van der Waals surface area contributed by atoms with Crippen LogP contribution in [-0.4, -0.2) is 5.91 Å². The molecule has 0 fully saturated rings. The van der Waals surface area contributed by atoms with Gasteiger partial charge in [0, 0.05) is 0 Å². The highest BCUT2D eigenvalue weighted by atomic mass is 16.1. The third-order valence-electron chi connectivity index (χ3n) is 3.10. The van der Waals surface area contributed by atoms with Crippen molar-refractivity contribution in [2.45, 2.75) is 71.6 Å². The van der Waals surface area contributed by atoms with Crippen LogP contribution in [0.1, 0.15) is 71.6 Å². The van der Waals surface area contributed by atoms with Crippen LogP contribution < -0.4 is 5.73 Å². The number of amides is 1. The van der Waals surface area contributed by atoms with E-state index in [1.54, 1.807) is 0 Å². The van der Waals surface area contributed by atoms with E-state index >= 15 is 0 Å². The lowest BCUT2D eigenvalue weighted by atomic mass is 10.1. The van der Waals surface area contributed by atoms with Gasteiger partial charge in [0.15, 0.2) is 0 Å². The van der Waals surface area contributed by atoms with Gasteiger partial charge >= 0.3 is 0 Å². The van der Waals surface area contributed by atoms with Crippen LogP contribution in [0.4, 0.5) is 0 Å². The van der Waals surface area contributed by atoms with E-state index in [0.29, 0.717) is 0 Å². The Labute approximate surface area is 107 Å². The molecule has 0 spiro atoms. The van der Waals surface area contributed by atoms with Gasteiger partial charge in [-0.25, -0.2) is 0 Å². The van der Waals surface area contributed by atoms with Gasteiger partial charge in [-0.3, -0.25) is 4.79 Å². The van der Waals surface area contributed by atoms with Gasteiger partial charge in [-0.05, 0) is 12.8 Å². The van der Waals surface area contributed by atoms with Crippen LogP contribution >= 0.6 is 0 Å². The van der Waals surface area contributed by atoms with E-state index in [4.69, 9.17) is 5.73 Å². The monoisotopic (exact) mass is 239 g/mol. The Hall–Kier alpha value is -0.790. The van der Waals surface area contributed by atoms with Gasteiger partial charge in [-0.1, -0.05) is 70.9 Å². The highest BCUT2D eigenvalue weighted by Gasteiger charge is 2.01. The van der Waals surface area contributed by atoms with Crippen molar-refractivity contribution in [2.75, 3.05) is 0 Å². The maximum atomic E-state index is 10.8. The average Bonchev–Trinajstić information content (AvgIpc) is 2.31. The quantitative estimate of drug-likeness (QED) is 0.426. The molecule has 0 saturated heterocycles. The first kappa shape index (κ1) is 16.2. The van der Waals surface area contributed by atoms with Crippen molar-refractivity contribution in [3.63, 3.8) is 0 Å². The summed E-state index contributed by atoms with van der Waals surface area (Å²) < 4.78 is 0. The summed E-state index contributed by atoms with van der Waals surface area (Å²) in [5, 5.41) is 0. The molecule has 0 bridgehead atoms. The molecule has 0 aromatic heterocycles. The van der Waals surface area contributed by atoms with Crippen LogP contribution in [0.25, 0.3) is 0 Å². The van der Waals surface area contributed by atoms with Crippen molar-refractivity contribution < 1.29 is 4.79 Å². The standard InChI is InChI=1S/C15H29NO/c1-3-4-5-6-7-8-9-10-11-12-13-14(2)15(16)17/h12-14H,3-11H2,1-2H3,(H2,16,17)/b13-12+. The minimum Gasteiger partial charge on any atom is -0.369 e. The first-order valence-electron chi connectivity index (χ1n) is 7.14. The lowest BCUT2D eigenvalue weighted by molar-refractivity contribution is -0.120. The predicted octanol–water partition coefficient (Wildman–Crippen LogP) is 4.19. The Morgan fingerprint density at radius 2 is 1.59 bits per heavy atom. The Morgan fingerprint density at radius 1 is 1.06 bits per heavy atom. The van der Waals surface area contributed by atoms with Crippen molar-refractivity contribution in [3.05, 3.63) is 12.2 Å². The molecule has 0 aliphatic rings. The smallest absolute Gasteiger partial charge is 0.224 e. The van der Waals surface area contributed by atoms with E-state index in [-0.39, 0.29) is 11.8 Å². The number of hydrogen-bond donors (Lipinski definition) is 1. The summed E-state index contributed by atoms with van der Waals surface area (Å²) in [5.74, 6) is -0.360. The van der Waals surface area contributed by atoms with Gasteiger partial charge in [0.2, 0.25) is 5.91 Å². The van der Waals surface area contributed by atoms with Gasteiger partial charge in [0.1, 0.15) is 0 Å². The number of unbranched alkanes of at least 4 members (excludes halogenated alkanes) is 8. The molecular weight excluding hydrogens is 210 g/mol. The Morgan fingerprint density at radius 3 is 2.12 bits per heavy atom. The van der Waals surface area contributed by atoms with Crippen LogP contribution in [0.5, 0.6) is 0 Å². The van der Waals surface area contributed by atoms with Crippen LogP contribution in [0.2, 0.25) is 0 Å². The van der Waals surface area contributed by atoms with E-state index in [1.165, 1.54) is 51.4 Å².